The van der Waals surface area contributed by atoms with Crippen LogP contribution in [0.2, 0.25) is 5.02 Å². The van der Waals surface area contributed by atoms with E-state index in [1.54, 1.807) is 6.07 Å². The Kier molecular flexibility index (Phi) is 10.8. The number of carbonyl (C=O) groups excluding carboxylic acids is 3. The Labute approximate surface area is 223 Å². The Bertz CT molecular complexity index is 1050. The van der Waals surface area contributed by atoms with Crippen LogP contribution in [-0.4, -0.2) is 48.2 Å². The minimum Gasteiger partial charge on any atom is -0.441 e. The summed E-state index contributed by atoms with van der Waals surface area (Å²) in [5, 5.41) is 18.7. The SMILES string of the molecule is CC(C)C[C@H](NC(=O)OC(Cc1cccc(Cl)c1)c1ccccc1)C(=O)N[C@H](CO)C[C@@H]1CCNC1=O. The van der Waals surface area contributed by atoms with Crippen LogP contribution in [0, 0.1) is 11.8 Å². The van der Waals surface area contributed by atoms with Gasteiger partial charge in [-0.05, 0) is 48.4 Å². The highest BCUT2D eigenvalue weighted by Crippen LogP contribution is 2.24. The minimum absolute atomic E-state index is 0.0696. The summed E-state index contributed by atoms with van der Waals surface area (Å²) in [5.74, 6) is -0.633. The molecule has 9 heteroatoms. The fraction of sp³-hybridized carbons (Fsp3) is 0.464. The summed E-state index contributed by atoms with van der Waals surface area (Å²) in [6, 6.07) is 15.3. The van der Waals surface area contributed by atoms with E-state index in [0.717, 1.165) is 11.1 Å². The molecule has 1 fully saturated rings. The van der Waals surface area contributed by atoms with Crippen LogP contribution in [0.25, 0.3) is 0 Å². The van der Waals surface area contributed by atoms with Gasteiger partial charge < -0.3 is 25.8 Å². The van der Waals surface area contributed by atoms with Gasteiger partial charge in [0.1, 0.15) is 12.1 Å². The molecule has 8 nitrogen and oxygen atoms in total. The number of alkyl carbamates (subject to hydrolysis) is 1. The Morgan fingerprint density at radius 3 is 2.51 bits per heavy atom. The summed E-state index contributed by atoms with van der Waals surface area (Å²) < 4.78 is 5.82. The number of nitrogens with one attached hydrogen (secondary N) is 3. The molecule has 3 amide bonds. The number of hydrogen-bond acceptors (Lipinski definition) is 5. The van der Waals surface area contributed by atoms with E-state index in [9.17, 15) is 19.5 Å². The fourth-order valence-corrected chi connectivity index (χ4v) is 4.69. The maximum absolute atomic E-state index is 13.1. The molecule has 0 aliphatic carbocycles. The third-order valence-corrected chi connectivity index (χ3v) is 6.58. The van der Waals surface area contributed by atoms with Crippen molar-refractivity contribution in [2.75, 3.05) is 13.2 Å². The van der Waals surface area contributed by atoms with Crippen LogP contribution in [0.5, 0.6) is 0 Å². The predicted molar refractivity (Wildman–Crippen MR) is 142 cm³/mol. The molecule has 0 spiro atoms. The summed E-state index contributed by atoms with van der Waals surface area (Å²) in [4.78, 5) is 38.1. The molecule has 1 heterocycles. The normalized spacial score (nSPS) is 17.5. The van der Waals surface area contributed by atoms with E-state index in [0.29, 0.717) is 37.3 Å². The van der Waals surface area contributed by atoms with Gasteiger partial charge >= 0.3 is 6.09 Å². The van der Waals surface area contributed by atoms with Gasteiger partial charge in [0.2, 0.25) is 11.8 Å². The molecule has 0 aromatic heterocycles. The van der Waals surface area contributed by atoms with Gasteiger partial charge in [0.15, 0.2) is 0 Å². The predicted octanol–water partition coefficient (Wildman–Crippen LogP) is 3.77. The number of rotatable bonds is 12. The summed E-state index contributed by atoms with van der Waals surface area (Å²) >= 11 is 6.14. The standard InChI is InChI=1S/C28H36ClN3O5/c1-18(2)13-24(27(35)31-23(17-33)16-21-11-12-30-26(21)34)32-28(36)37-25(20-8-4-3-5-9-20)15-19-7-6-10-22(29)14-19/h3-10,14,18,21,23-25,33H,11-13,15-17H2,1-2H3,(H,30,34)(H,31,35)(H,32,36)/t21-,23-,24-,25?/m0/s1. The van der Waals surface area contributed by atoms with Gasteiger partial charge in [-0.3, -0.25) is 9.59 Å². The average molecular weight is 530 g/mol. The van der Waals surface area contributed by atoms with Gasteiger partial charge in [-0.2, -0.15) is 0 Å². The van der Waals surface area contributed by atoms with Crippen molar-refractivity contribution in [1.29, 1.82) is 0 Å². The number of halogens is 1. The van der Waals surface area contributed by atoms with Crippen LogP contribution in [0.1, 0.15) is 50.3 Å². The Balaban J connectivity index is 1.68. The van der Waals surface area contributed by atoms with Crippen molar-refractivity contribution in [3.05, 3.63) is 70.7 Å². The number of benzene rings is 2. The molecular weight excluding hydrogens is 494 g/mol. The minimum atomic E-state index is -0.860. The van der Waals surface area contributed by atoms with Gasteiger partial charge in [-0.1, -0.05) is 67.9 Å². The third kappa shape index (κ3) is 9.05. The molecule has 2 aromatic carbocycles. The van der Waals surface area contributed by atoms with Crippen LogP contribution >= 0.6 is 11.6 Å². The van der Waals surface area contributed by atoms with Crippen molar-refractivity contribution in [3.63, 3.8) is 0 Å². The van der Waals surface area contributed by atoms with E-state index >= 15 is 0 Å². The van der Waals surface area contributed by atoms with Gasteiger partial charge in [-0.15, -0.1) is 0 Å². The van der Waals surface area contributed by atoms with Crippen LogP contribution in [0.3, 0.4) is 0 Å². The zero-order chi connectivity index (χ0) is 26.8. The first-order valence-electron chi connectivity index (χ1n) is 12.7. The molecule has 1 aliphatic heterocycles. The van der Waals surface area contributed by atoms with E-state index in [1.807, 2.05) is 62.4 Å². The van der Waals surface area contributed by atoms with Crippen molar-refractivity contribution < 1.29 is 24.2 Å². The average Bonchev–Trinajstić information content (AvgIpc) is 3.27. The van der Waals surface area contributed by atoms with Crippen LogP contribution in [0.4, 0.5) is 4.79 Å². The fourth-order valence-electron chi connectivity index (χ4n) is 4.48. The number of ether oxygens (including phenoxy) is 1. The summed E-state index contributed by atoms with van der Waals surface area (Å²) in [6.45, 7) is 4.19. The van der Waals surface area contributed by atoms with E-state index in [-0.39, 0.29) is 24.3 Å². The van der Waals surface area contributed by atoms with Gasteiger partial charge in [0, 0.05) is 23.9 Å². The zero-order valence-corrected chi connectivity index (χ0v) is 22.0. The Morgan fingerprint density at radius 2 is 1.89 bits per heavy atom. The van der Waals surface area contributed by atoms with Crippen molar-refractivity contribution >= 4 is 29.5 Å². The van der Waals surface area contributed by atoms with Crippen molar-refractivity contribution in [2.24, 2.45) is 11.8 Å². The number of amides is 3. The Morgan fingerprint density at radius 1 is 1.14 bits per heavy atom. The molecule has 0 saturated carbocycles. The highest BCUT2D eigenvalue weighted by atomic mass is 35.5. The second-order valence-corrected chi connectivity index (χ2v) is 10.3. The first-order chi connectivity index (χ1) is 17.7. The lowest BCUT2D eigenvalue weighted by Crippen LogP contribution is -2.51. The maximum Gasteiger partial charge on any atom is 0.408 e. The molecule has 1 unspecified atom stereocenters. The lowest BCUT2D eigenvalue weighted by atomic mass is 9.97. The molecule has 1 aliphatic rings. The summed E-state index contributed by atoms with van der Waals surface area (Å²) in [7, 11) is 0. The Hall–Kier alpha value is -3.10. The molecule has 3 rings (SSSR count). The van der Waals surface area contributed by atoms with E-state index < -0.39 is 30.2 Å². The first-order valence-corrected chi connectivity index (χ1v) is 13.1. The van der Waals surface area contributed by atoms with Crippen molar-refractivity contribution in [1.82, 2.24) is 16.0 Å². The van der Waals surface area contributed by atoms with Crippen molar-refractivity contribution in [3.8, 4) is 0 Å². The highest BCUT2D eigenvalue weighted by molar-refractivity contribution is 6.30. The second kappa shape index (κ2) is 14.0. The maximum atomic E-state index is 13.1. The van der Waals surface area contributed by atoms with Crippen molar-refractivity contribution in [2.45, 2.75) is 57.7 Å². The first kappa shape index (κ1) is 28.5. The molecule has 0 radical (unpaired) electrons. The van der Waals surface area contributed by atoms with Crippen LogP contribution in [0.15, 0.2) is 54.6 Å². The largest absolute Gasteiger partial charge is 0.441 e. The molecule has 1 saturated heterocycles. The second-order valence-electron chi connectivity index (χ2n) is 9.87. The van der Waals surface area contributed by atoms with Gasteiger partial charge in [0.05, 0.1) is 12.6 Å². The van der Waals surface area contributed by atoms with Crippen LogP contribution < -0.4 is 16.0 Å². The topological polar surface area (TPSA) is 117 Å². The van der Waals surface area contributed by atoms with E-state index in [1.165, 1.54) is 0 Å². The molecule has 200 valence electrons. The molecular formula is C28H36ClN3O5. The summed E-state index contributed by atoms with van der Waals surface area (Å²) in [6.07, 6.45) is 0.491. The highest BCUT2D eigenvalue weighted by Gasteiger charge is 2.30. The number of hydrogen-bond donors (Lipinski definition) is 4. The summed E-state index contributed by atoms with van der Waals surface area (Å²) in [5.41, 5.74) is 1.73. The molecule has 4 N–H and O–H groups in total. The van der Waals surface area contributed by atoms with Gasteiger partial charge in [0.25, 0.3) is 0 Å². The molecule has 2 aromatic rings. The van der Waals surface area contributed by atoms with E-state index in [2.05, 4.69) is 16.0 Å². The lowest BCUT2D eigenvalue weighted by molar-refractivity contribution is -0.126. The zero-order valence-electron chi connectivity index (χ0n) is 21.3. The number of carbonyl (C=O) groups is 3. The quantitative estimate of drug-likeness (QED) is 0.334. The molecule has 4 atom stereocenters. The lowest BCUT2D eigenvalue weighted by Gasteiger charge is -2.25. The monoisotopic (exact) mass is 529 g/mol. The number of aliphatic hydroxyl groups excluding tert-OH is 1. The van der Waals surface area contributed by atoms with E-state index in [4.69, 9.17) is 16.3 Å². The molecule has 0 bridgehead atoms. The number of aliphatic hydroxyl groups is 1. The third-order valence-electron chi connectivity index (χ3n) is 6.35. The molecule has 37 heavy (non-hydrogen) atoms. The van der Waals surface area contributed by atoms with Gasteiger partial charge in [-0.25, -0.2) is 4.79 Å². The smallest absolute Gasteiger partial charge is 0.408 e. The van der Waals surface area contributed by atoms with Crippen LogP contribution in [-0.2, 0) is 20.7 Å².